The van der Waals surface area contributed by atoms with Crippen molar-refractivity contribution in [3.8, 4) is 5.75 Å². The number of hydrogen-bond donors (Lipinski definition) is 2. The first kappa shape index (κ1) is 13.9. The Morgan fingerprint density at radius 3 is 2.42 bits per heavy atom. The van der Waals surface area contributed by atoms with Crippen molar-refractivity contribution in [2.45, 2.75) is 12.1 Å². The molecule has 3 nitrogen and oxygen atoms in total. The van der Waals surface area contributed by atoms with Gasteiger partial charge in [-0.05, 0) is 35.4 Å². The van der Waals surface area contributed by atoms with Crippen molar-refractivity contribution in [1.82, 2.24) is 0 Å². The van der Waals surface area contributed by atoms with E-state index in [0.717, 1.165) is 11.1 Å². The molecule has 0 amide bonds. The monoisotopic (exact) mass is 277 g/mol. The Morgan fingerprint density at radius 1 is 1.11 bits per heavy atom. The summed E-state index contributed by atoms with van der Waals surface area (Å²) in [6, 6.07) is 13.9. The van der Waals surface area contributed by atoms with Crippen LogP contribution in [0.2, 0.25) is 5.02 Å². The molecule has 3 N–H and O–H groups in total. The number of benzene rings is 2. The van der Waals surface area contributed by atoms with E-state index in [1.165, 1.54) is 0 Å². The summed E-state index contributed by atoms with van der Waals surface area (Å²) in [6.45, 7) is 0. The Hall–Kier alpha value is -1.55. The first-order valence-corrected chi connectivity index (χ1v) is 6.32. The fraction of sp³-hybridized carbons (Fsp3) is 0.200. The van der Waals surface area contributed by atoms with Gasteiger partial charge in [-0.3, -0.25) is 0 Å². The van der Waals surface area contributed by atoms with E-state index in [-0.39, 0.29) is 0 Å². The van der Waals surface area contributed by atoms with Crippen LogP contribution in [-0.2, 0) is 0 Å². The topological polar surface area (TPSA) is 55.5 Å². The molecule has 2 aromatic rings. The molecular formula is C15H16ClNO2. The molecule has 2 aromatic carbocycles. The predicted molar refractivity (Wildman–Crippen MR) is 76.3 cm³/mol. The molecule has 0 heterocycles. The number of rotatable bonds is 4. The van der Waals surface area contributed by atoms with E-state index in [1.54, 1.807) is 25.3 Å². The summed E-state index contributed by atoms with van der Waals surface area (Å²) in [4.78, 5) is 0. The lowest BCUT2D eigenvalue weighted by Crippen LogP contribution is -2.19. The second kappa shape index (κ2) is 6.06. The van der Waals surface area contributed by atoms with Crippen molar-refractivity contribution < 1.29 is 9.84 Å². The van der Waals surface area contributed by atoms with Crippen LogP contribution in [0.4, 0.5) is 0 Å². The SMILES string of the molecule is COc1cccc([C@@H](O)[C@H](N)c2ccc(Cl)cc2)c1. The van der Waals surface area contributed by atoms with E-state index in [0.29, 0.717) is 10.8 Å². The number of hydrogen-bond acceptors (Lipinski definition) is 3. The molecule has 0 fully saturated rings. The van der Waals surface area contributed by atoms with Gasteiger partial charge in [0, 0.05) is 5.02 Å². The van der Waals surface area contributed by atoms with Gasteiger partial charge in [0.25, 0.3) is 0 Å². The molecule has 19 heavy (non-hydrogen) atoms. The summed E-state index contributed by atoms with van der Waals surface area (Å²) in [5, 5.41) is 11.0. The number of aliphatic hydroxyl groups excluding tert-OH is 1. The Labute approximate surface area is 117 Å². The second-order valence-electron chi connectivity index (χ2n) is 4.30. The normalized spacial score (nSPS) is 13.9. The molecule has 2 rings (SSSR count). The fourth-order valence-electron chi connectivity index (χ4n) is 1.90. The number of aliphatic hydroxyl groups is 1. The molecule has 2 atom stereocenters. The molecule has 4 heteroatoms. The second-order valence-corrected chi connectivity index (χ2v) is 4.74. The van der Waals surface area contributed by atoms with Crippen LogP contribution in [0.1, 0.15) is 23.3 Å². The first-order valence-electron chi connectivity index (χ1n) is 5.95. The highest BCUT2D eigenvalue weighted by Gasteiger charge is 2.19. The lowest BCUT2D eigenvalue weighted by Gasteiger charge is -2.20. The summed E-state index contributed by atoms with van der Waals surface area (Å²) < 4.78 is 5.14. The van der Waals surface area contributed by atoms with Crippen LogP contribution in [0.15, 0.2) is 48.5 Å². The number of methoxy groups -OCH3 is 1. The molecular weight excluding hydrogens is 262 g/mol. The molecule has 0 unspecified atom stereocenters. The fourth-order valence-corrected chi connectivity index (χ4v) is 2.03. The quantitative estimate of drug-likeness (QED) is 0.903. The zero-order chi connectivity index (χ0) is 13.8. The molecule has 0 aliphatic heterocycles. The molecule has 0 radical (unpaired) electrons. The Kier molecular flexibility index (Phi) is 4.43. The van der Waals surface area contributed by atoms with Crippen LogP contribution >= 0.6 is 11.6 Å². The third-order valence-electron chi connectivity index (χ3n) is 3.03. The Balaban J connectivity index is 2.22. The van der Waals surface area contributed by atoms with E-state index in [9.17, 15) is 5.11 Å². The van der Waals surface area contributed by atoms with Gasteiger partial charge >= 0.3 is 0 Å². The molecule has 0 bridgehead atoms. The number of nitrogens with two attached hydrogens (primary N) is 1. The van der Waals surface area contributed by atoms with E-state index in [1.807, 2.05) is 30.3 Å². The van der Waals surface area contributed by atoms with Crippen LogP contribution in [0.5, 0.6) is 5.75 Å². The van der Waals surface area contributed by atoms with Crippen molar-refractivity contribution in [1.29, 1.82) is 0 Å². The van der Waals surface area contributed by atoms with Crippen LogP contribution in [-0.4, -0.2) is 12.2 Å². The Morgan fingerprint density at radius 2 is 1.79 bits per heavy atom. The van der Waals surface area contributed by atoms with Crippen LogP contribution in [0.3, 0.4) is 0 Å². The van der Waals surface area contributed by atoms with E-state index >= 15 is 0 Å². The maximum absolute atomic E-state index is 10.3. The highest BCUT2D eigenvalue weighted by atomic mass is 35.5. The van der Waals surface area contributed by atoms with Gasteiger partial charge in [0.05, 0.1) is 19.3 Å². The smallest absolute Gasteiger partial charge is 0.119 e. The lowest BCUT2D eigenvalue weighted by molar-refractivity contribution is 0.146. The van der Waals surface area contributed by atoms with Gasteiger partial charge in [-0.15, -0.1) is 0 Å². The van der Waals surface area contributed by atoms with Crippen LogP contribution < -0.4 is 10.5 Å². The standard InChI is InChI=1S/C15H16ClNO2/c1-19-13-4-2-3-11(9-13)15(18)14(17)10-5-7-12(16)8-6-10/h2-9,14-15,18H,17H2,1H3/t14-,15-/m1/s1. The van der Waals surface area contributed by atoms with Gasteiger partial charge in [0.15, 0.2) is 0 Å². The van der Waals surface area contributed by atoms with Gasteiger partial charge in [-0.1, -0.05) is 35.9 Å². The molecule has 0 saturated heterocycles. The van der Waals surface area contributed by atoms with E-state index in [4.69, 9.17) is 22.1 Å². The maximum Gasteiger partial charge on any atom is 0.119 e. The lowest BCUT2D eigenvalue weighted by atomic mass is 9.96. The molecule has 0 aliphatic carbocycles. The minimum atomic E-state index is -0.795. The van der Waals surface area contributed by atoms with Crippen LogP contribution in [0, 0.1) is 0 Å². The minimum Gasteiger partial charge on any atom is -0.497 e. The molecule has 0 spiro atoms. The average Bonchev–Trinajstić information content (AvgIpc) is 2.46. The highest BCUT2D eigenvalue weighted by Crippen LogP contribution is 2.29. The minimum absolute atomic E-state index is 0.510. The zero-order valence-corrected chi connectivity index (χ0v) is 11.3. The van der Waals surface area contributed by atoms with Gasteiger partial charge in [0.1, 0.15) is 5.75 Å². The molecule has 0 aromatic heterocycles. The van der Waals surface area contributed by atoms with Crippen molar-refractivity contribution in [2.75, 3.05) is 7.11 Å². The number of halogens is 1. The van der Waals surface area contributed by atoms with Gasteiger partial charge in [0.2, 0.25) is 0 Å². The predicted octanol–water partition coefficient (Wildman–Crippen LogP) is 3.08. The highest BCUT2D eigenvalue weighted by molar-refractivity contribution is 6.30. The van der Waals surface area contributed by atoms with Crippen molar-refractivity contribution >= 4 is 11.6 Å². The van der Waals surface area contributed by atoms with E-state index < -0.39 is 12.1 Å². The van der Waals surface area contributed by atoms with Gasteiger partial charge in [-0.25, -0.2) is 0 Å². The first-order chi connectivity index (χ1) is 9.11. The van der Waals surface area contributed by atoms with Crippen molar-refractivity contribution in [3.63, 3.8) is 0 Å². The van der Waals surface area contributed by atoms with E-state index in [2.05, 4.69) is 0 Å². The molecule has 100 valence electrons. The Bertz CT molecular complexity index is 542. The summed E-state index contributed by atoms with van der Waals surface area (Å²) in [5.41, 5.74) is 7.64. The zero-order valence-electron chi connectivity index (χ0n) is 10.6. The van der Waals surface area contributed by atoms with Crippen molar-refractivity contribution in [2.24, 2.45) is 5.73 Å². The summed E-state index contributed by atoms with van der Waals surface area (Å²) in [7, 11) is 1.59. The summed E-state index contributed by atoms with van der Waals surface area (Å²) in [6.07, 6.45) is -0.795. The average molecular weight is 278 g/mol. The van der Waals surface area contributed by atoms with Crippen LogP contribution in [0.25, 0.3) is 0 Å². The maximum atomic E-state index is 10.3. The third-order valence-corrected chi connectivity index (χ3v) is 3.28. The number of ether oxygens (including phenoxy) is 1. The third kappa shape index (κ3) is 3.26. The summed E-state index contributed by atoms with van der Waals surface area (Å²) in [5.74, 6) is 0.694. The van der Waals surface area contributed by atoms with Gasteiger partial charge < -0.3 is 15.6 Å². The van der Waals surface area contributed by atoms with Crippen molar-refractivity contribution in [3.05, 3.63) is 64.7 Å². The molecule has 0 saturated carbocycles. The summed E-state index contributed by atoms with van der Waals surface area (Å²) >= 11 is 5.83. The molecule has 0 aliphatic rings. The largest absolute Gasteiger partial charge is 0.497 e. The van der Waals surface area contributed by atoms with Gasteiger partial charge in [-0.2, -0.15) is 0 Å².